The maximum atomic E-state index is 13.4. The summed E-state index contributed by atoms with van der Waals surface area (Å²) in [5.41, 5.74) is 3.90. The summed E-state index contributed by atoms with van der Waals surface area (Å²) >= 11 is 0. The maximum absolute atomic E-state index is 13.4. The summed E-state index contributed by atoms with van der Waals surface area (Å²) in [6, 6.07) is 8.62. The van der Waals surface area contributed by atoms with Crippen molar-refractivity contribution in [3.63, 3.8) is 0 Å². The average molecular weight is 378 g/mol. The van der Waals surface area contributed by atoms with Crippen LogP contribution in [-0.2, 0) is 11.2 Å². The highest BCUT2D eigenvalue weighted by molar-refractivity contribution is 5.88. The van der Waals surface area contributed by atoms with Crippen molar-refractivity contribution in [2.75, 3.05) is 0 Å². The van der Waals surface area contributed by atoms with E-state index in [0.717, 1.165) is 30.6 Å². The van der Waals surface area contributed by atoms with E-state index >= 15 is 0 Å². The highest BCUT2D eigenvalue weighted by Crippen LogP contribution is 2.55. The van der Waals surface area contributed by atoms with Gasteiger partial charge in [0.05, 0.1) is 6.04 Å². The highest BCUT2D eigenvalue weighted by atomic mass is 16.2. The molecule has 0 spiro atoms. The lowest BCUT2D eigenvalue weighted by atomic mass is 9.53. The molecule has 4 heteroatoms. The molecule has 4 saturated carbocycles. The van der Waals surface area contributed by atoms with Gasteiger partial charge in [0.25, 0.3) is 0 Å². The largest absolute Gasteiger partial charge is 0.357 e. The van der Waals surface area contributed by atoms with Crippen LogP contribution < -0.4 is 10.6 Å². The van der Waals surface area contributed by atoms with Gasteiger partial charge < -0.3 is 10.3 Å². The van der Waals surface area contributed by atoms with Crippen LogP contribution in [0.15, 0.2) is 24.3 Å². The van der Waals surface area contributed by atoms with Crippen LogP contribution in [0, 0.1) is 17.8 Å². The molecule has 1 aromatic heterocycles. The number of para-hydroxylation sites is 1. The van der Waals surface area contributed by atoms with Gasteiger partial charge in [0.1, 0.15) is 0 Å². The summed E-state index contributed by atoms with van der Waals surface area (Å²) in [5, 5.41) is 8.54. The number of rotatable bonds is 3. The summed E-state index contributed by atoms with van der Waals surface area (Å²) in [6.45, 7) is 2.20. The van der Waals surface area contributed by atoms with Crippen molar-refractivity contribution >= 4 is 16.8 Å². The number of aromatic nitrogens is 1. The first-order valence-electron chi connectivity index (χ1n) is 11.3. The molecule has 1 amide bonds. The van der Waals surface area contributed by atoms with E-state index in [4.69, 9.17) is 0 Å². The molecule has 4 fully saturated rings. The molecule has 3 N–H and O–H groups in total. The third-order valence-corrected chi connectivity index (χ3v) is 8.16. The molecular weight excluding hydrogens is 346 g/mol. The Labute approximate surface area is 166 Å². The lowest BCUT2D eigenvalue weighted by molar-refractivity contribution is -0.129. The van der Waals surface area contributed by atoms with E-state index in [1.54, 1.807) is 0 Å². The van der Waals surface area contributed by atoms with Gasteiger partial charge in [-0.3, -0.25) is 10.1 Å². The van der Waals surface area contributed by atoms with Crippen LogP contribution >= 0.6 is 0 Å². The number of hydrogen-bond donors (Lipinski definition) is 3. The van der Waals surface area contributed by atoms with Gasteiger partial charge in [0.2, 0.25) is 5.91 Å². The van der Waals surface area contributed by atoms with E-state index in [2.05, 4.69) is 46.8 Å². The number of amides is 1. The summed E-state index contributed by atoms with van der Waals surface area (Å²) in [5.74, 6) is 2.80. The molecular formula is C24H31N3O. The minimum Gasteiger partial charge on any atom is -0.357 e. The molecule has 1 aromatic carbocycles. The molecule has 5 aliphatic rings. The lowest BCUT2D eigenvalue weighted by Crippen LogP contribution is -2.63. The fourth-order valence-corrected chi connectivity index (χ4v) is 7.43. The SMILES string of the molecule is CCC1NC(C(=O)NC23CC4CC(CC(C4)C2)C3)Cc2c1[nH]c1ccccc21. The number of carbonyl (C=O) groups is 1. The maximum Gasteiger partial charge on any atom is 0.237 e. The third-order valence-electron chi connectivity index (χ3n) is 8.16. The van der Waals surface area contributed by atoms with Gasteiger partial charge in [0.15, 0.2) is 0 Å². The second-order valence-electron chi connectivity index (χ2n) is 10.1. The first-order chi connectivity index (χ1) is 13.6. The zero-order valence-electron chi connectivity index (χ0n) is 16.8. The molecule has 2 heterocycles. The zero-order chi connectivity index (χ0) is 18.9. The van der Waals surface area contributed by atoms with Gasteiger partial charge in [-0.2, -0.15) is 0 Å². The number of aromatic amines is 1. The Balaban J connectivity index is 1.27. The smallest absolute Gasteiger partial charge is 0.237 e. The molecule has 0 saturated heterocycles. The fourth-order valence-electron chi connectivity index (χ4n) is 7.43. The normalized spacial score (nSPS) is 38.5. The number of nitrogens with one attached hydrogen (secondary N) is 3. The van der Waals surface area contributed by atoms with Crippen molar-refractivity contribution in [2.45, 2.75) is 75.9 Å². The van der Waals surface area contributed by atoms with Gasteiger partial charge in [0, 0.05) is 28.2 Å². The molecule has 4 bridgehead atoms. The van der Waals surface area contributed by atoms with Crippen LogP contribution in [0.2, 0.25) is 0 Å². The van der Waals surface area contributed by atoms with Crippen LogP contribution in [0.25, 0.3) is 10.9 Å². The van der Waals surface area contributed by atoms with Crippen LogP contribution in [0.3, 0.4) is 0 Å². The number of fused-ring (bicyclic) bond motifs is 3. The summed E-state index contributed by atoms with van der Waals surface area (Å²) in [6.07, 6.45) is 9.65. The fraction of sp³-hybridized carbons (Fsp3) is 0.625. The van der Waals surface area contributed by atoms with E-state index in [0.29, 0.717) is 0 Å². The Hall–Kier alpha value is -1.81. The quantitative estimate of drug-likeness (QED) is 0.750. The van der Waals surface area contributed by atoms with Gasteiger partial charge in [-0.15, -0.1) is 0 Å². The summed E-state index contributed by atoms with van der Waals surface area (Å²) < 4.78 is 0. The van der Waals surface area contributed by atoms with E-state index in [1.807, 2.05) is 0 Å². The predicted molar refractivity (Wildman–Crippen MR) is 111 cm³/mol. The Morgan fingerprint density at radius 2 is 1.79 bits per heavy atom. The predicted octanol–water partition coefficient (Wildman–Crippen LogP) is 4.22. The number of hydrogen-bond acceptors (Lipinski definition) is 2. The Kier molecular flexibility index (Phi) is 3.72. The van der Waals surface area contributed by atoms with E-state index in [1.165, 1.54) is 60.7 Å². The first-order valence-corrected chi connectivity index (χ1v) is 11.3. The minimum atomic E-state index is -0.121. The number of H-pyrrole nitrogens is 1. The van der Waals surface area contributed by atoms with Crippen molar-refractivity contribution in [3.05, 3.63) is 35.5 Å². The van der Waals surface area contributed by atoms with E-state index in [9.17, 15) is 4.79 Å². The van der Waals surface area contributed by atoms with Crippen molar-refractivity contribution in [1.29, 1.82) is 0 Å². The van der Waals surface area contributed by atoms with Crippen molar-refractivity contribution in [2.24, 2.45) is 17.8 Å². The standard InChI is InChI=1S/C24H31N3O/c1-2-19-22-18(17-5-3-4-6-20(17)26-22)10-21(25-19)23(28)27-24-11-14-7-15(12-24)9-16(8-14)13-24/h3-6,14-16,19,21,25-26H,2,7-13H2,1H3,(H,27,28). The van der Waals surface area contributed by atoms with Crippen LogP contribution in [0.4, 0.5) is 0 Å². The zero-order valence-corrected chi connectivity index (χ0v) is 16.8. The molecule has 4 nitrogen and oxygen atoms in total. The molecule has 7 rings (SSSR count). The van der Waals surface area contributed by atoms with E-state index < -0.39 is 0 Å². The van der Waals surface area contributed by atoms with Crippen molar-refractivity contribution in [1.82, 2.24) is 15.6 Å². The molecule has 0 radical (unpaired) electrons. The van der Waals surface area contributed by atoms with E-state index in [-0.39, 0.29) is 23.5 Å². The molecule has 28 heavy (non-hydrogen) atoms. The lowest BCUT2D eigenvalue weighted by Gasteiger charge is -2.57. The molecule has 2 atom stereocenters. The van der Waals surface area contributed by atoms with Crippen LogP contribution in [0.5, 0.6) is 0 Å². The second kappa shape index (κ2) is 6.09. The Bertz CT molecular complexity index is 894. The topological polar surface area (TPSA) is 56.9 Å². The molecule has 2 aromatic rings. The second-order valence-corrected chi connectivity index (χ2v) is 10.1. The molecule has 2 unspecified atom stereocenters. The number of benzene rings is 1. The Morgan fingerprint density at radius 3 is 2.46 bits per heavy atom. The minimum absolute atomic E-state index is 0.0930. The van der Waals surface area contributed by atoms with Crippen molar-refractivity contribution in [3.8, 4) is 0 Å². The monoisotopic (exact) mass is 377 g/mol. The first kappa shape index (κ1) is 17.1. The van der Waals surface area contributed by atoms with Gasteiger partial charge in [-0.05, 0) is 80.8 Å². The van der Waals surface area contributed by atoms with Gasteiger partial charge >= 0.3 is 0 Å². The van der Waals surface area contributed by atoms with Crippen LogP contribution in [0.1, 0.15) is 69.2 Å². The van der Waals surface area contributed by atoms with Gasteiger partial charge in [-0.25, -0.2) is 0 Å². The average Bonchev–Trinajstić information content (AvgIpc) is 3.04. The number of carbonyl (C=O) groups excluding carboxylic acids is 1. The molecule has 4 aliphatic carbocycles. The molecule has 1 aliphatic heterocycles. The van der Waals surface area contributed by atoms with Crippen LogP contribution in [-0.4, -0.2) is 22.5 Å². The summed E-state index contributed by atoms with van der Waals surface area (Å²) in [4.78, 5) is 17.0. The molecule has 148 valence electrons. The highest BCUT2D eigenvalue weighted by Gasteiger charge is 2.52. The van der Waals surface area contributed by atoms with Gasteiger partial charge in [-0.1, -0.05) is 25.1 Å². The third kappa shape index (κ3) is 2.57. The Morgan fingerprint density at radius 1 is 1.11 bits per heavy atom. The van der Waals surface area contributed by atoms with Crippen molar-refractivity contribution < 1.29 is 4.79 Å². The summed E-state index contributed by atoms with van der Waals surface area (Å²) in [7, 11) is 0.